The predicted molar refractivity (Wildman–Crippen MR) is 55.2 cm³/mol. The number of hydrogen-bond acceptors (Lipinski definition) is 8. The van der Waals surface area contributed by atoms with Crippen molar-refractivity contribution in [2.45, 2.75) is 42.7 Å². The van der Waals surface area contributed by atoms with E-state index in [9.17, 15) is 25.2 Å². The summed E-state index contributed by atoms with van der Waals surface area (Å²) in [7, 11) is 0. The monoisotopic (exact) mass is 267 g/mol. The zero-order valence-electron chi connectivity index (χ0n) is 9.38. The average molecular weight is 267 g/mol. The molecule has 0 radical (unpaired) electrons. The number of rotatable bonds is 4. The second kappa shape index (κ2) is 5.45. The van der Waals surface area contributed by atoms with Gasteiger partial charge in [-0.15, -0.1) is 0 Å². The van der Waals surface area contributed by atoms with Crippen LogP contribution in [0.25, 0.3) is 0 Å². The molecular formula is C9H17NO8. The highest BCUT2D eigenvalue weighted by Gasteiger charge is 2.52. The van der Waals surface area contributed by atoms with Crippen molar-refractivity contribution < 1.29 is 40.2 Å². The molecule has 1 aliphatic rings. The van der Waals surface area contributed by atoms with E-state index < -0.39 is 55.2 Å². The Morgan fingerprint density at radius 2 is 2.06 bits per heavy atom. The maximum absolute atomic E-state index is 10.8. The molecule has 0 aromatic carbocycles. The Kier molecular flexibility index (Phi) is 4.61. The van der Waals surface area contributed by atoms with E-state index in [4.69, 9.17) is 20.7 Å². The fourth-order valence-electron chi connectivity index (χ4n) is 1.75. The molecule has 0 bridgehead atoms. The SMILES string of the molecule is N[C@@H]1C(O)C[C@](O)(C(=O)O)OC1[C@H](O)[C@H](O)CO. The molecular weight excluding hydrogens is 250 g/mol. The van der Waals surface area contributed by atoms with Crippen LogP contribution in [0.3, 0.4) is 0 Å². The van der Waals surface area contributed by atoms with Crippen LogP contribution in [0.1, 0.15) is 6.42 Å². The molecule has 1 rings (SSSR count). The van der Waals surface area contributed by atoms with Gasteiger partial charge in [-0.05, 0) is 0 Å². The standard InChI is InChI=1S/C9H17NO8/c10-5-3(12)1-9(17,8(15)16)18-7(5)6(14)4(13)2-11/h3-7,11-14,17H,1-2,10H2,(H,15,16)/t3?,4-,5-,6-,7?,9-/m1/s1. The van der Waals surface area contributed by atoms with Gasteiger partial charge in [-0.1, -0.05) is 0 Å². The number of aliphatic hydroxyl groups is 5. The normalized spacial score (nSPS) is 40.2. The van der Waals surface area contributed by atoms with Crippen molar-refractivity contribution >= 4 is 5.97 Å². The fourth-order valence-corrected chi connectivity index (χ4v) is 1.75. The summed E-state index contributed by atoms with van der Waals surface area (Å²) in [6, 6.07) is -1.21. The first kappa shape index (κ1) is 15.2. The van der Waals surface area contributed by atoms with Crippen LogP contribution in [0.15, 0.2) is 0 Å². The Hall–Kier alpha value is -0.810. The van der Waals surface area contributed by atoms with Gasteiger partial charge in [0.25, 0.3) is 5.79 Å². The maximum Gasteiger partial charge on any atom is 0.364 e. The first-order chi connectivity index (χ1) is 8.23. The molecule has 0 saturated carbocycles. The molecule has 9 nitrogen and oxygen atoms in total. The van der Waals surface area contributed by atoms with Gasteiger partial charge in [0.15, 0.2) is 0 Å². The predicted octanol–water partition coefficient (Wildman–Crippen LogP) is -4.05. The Morgan fingerprint density at radius 1 is 1.50 bits per heavy atom. The molecule has 1 heterocycles. The second-order valence-electron chi connectivity index (χ2n) is 4.26. The lowest BCUT2D eigenvalue weighted by Gasteiger charge is -2.43. The molecule has 6 atom stereocenters. The number of aliphatic carboxylic acids is 1. The number of ether oxygens (including phenoxy) is 1. The van der Waals surface area contributed by atoms with Crippen LogP contribution in [0, 0.1) is 0 Å². The number of hydrogen-bond donors (Lipinski definition) is 7. The van der Waals surface area contributed by atoms with Crippen LogP contribution in [0.2, 0.25) is 0 Å². The van der Waals surface area contributed by atoms with Gasteiger partial charge in [0.05, 0.1) is 18.8 Å². The molecule has 1 fully saturated rings. The zero-order chi connectivity index (χ0) is 14.1. The van der Waals surface area contributed by atoms with E-state index in [2.05, 4.69) is 0 Å². The van der Waals surface area contributed by atoms with Crippen molar-refractivity contribution in [3.63, 3.8) is 0 Å². The molecule has 1 aliphatic heterocycles. The van der Waals surface area contributed by atoms with Gasteiger partial charge < -0.3 is 41.1 Å². The summed E-state index contributed by atoms with van der Waals surface area (Å²) in [5.41, 5.74) is 5.51. The van der Waals surface area contributed by atoms with Crippen LogP contribution >= 0.6 is 0 Å². The fraction of sp³-hybridized carbons (Fsp3) is 0.889. The van der Waals surface area contributed by atoms with Crippen molar-refractivity contribution in [3.8, 4) is 0 Å². The van der Waals surface area contributed by atoms with E-state index >= 15 is 0 Å². The van der Waals surface area contributed by atoms with Crippen molar-refractivity contribution in [1.82, 2.24) is 0 Å². The van der Waals surface area contributed by atoms with Crippen LogP contribution in [0.5, 0.6) is 0 Å². The molecule has 0 amide bonds. The Balaban J connectivity index is 2.92. The van der Waals surface area contributed by atoms with Gasteiger partial charge in [0.2, 0.25) is 0 Å². The second-order valence-corrected chi connectivity index (χ2v) is 4.26. The molecule has 9 heteroatoms. The summed E-state index contributed by atoms with van der Waals surface area (Å²) in [5, 5.41) is 55.5. The topological polar surface area (TPSA) is 174 Å². The van der Waals surface area contributed by atoms with E-state index in [0.29, 0.717) is 0 Å². The Morgan fingerprint density at radius 3 is 2.50 bits per heavy atom. The molecule has 1 saturated heterocycles. The maximum atomic E-state index is 10.8. The summed E-state index contributed by atoms with van der Waals surface area (Å²) < 4.78 is 4.75. The largest absolute Gasteiger partial charge is 0.477 e. The van der Waals surface area contributed by atoms with Gasteiger partial charge in [0.1, 0.15) is 18.3 Å². The van der Waals surface area contributed by atoms with E-state index in [1.807, 2.05) is 0 Å². The van der Waals surface area contributed by atoms with Crippen molar-refractivity contribution in [3.05, 3.63) is 0 Å². The summed E-state index contributed by atoms with van der Waals surface area (Å²) in [6.45, 7) is -0.810. The number of nitrogens with two attached hydrogens (primary N) is 1. The molecule has 8 N–H and O–H groups in total. The first-order valence-electron chi connectivity index (χ1n) is 5.27. The molecule has 0 aromatic heterocycles. The van der Waals surface area contributed by atoms with E-state index in [-0.39, 0.29) is 0 Å². The molecule has 0 aromatic rings. The first-order valence-corrected chi connectivity index (χ1v) is 5.27. The molecule has 0 spiro atoms. The highest BCUT2D eigenvalue weighted by Crippen LogP contribution is 2.29. The minimum atomic E-state index is -2.70. The van der Waals surface area contributed by atoms with Gasteiger partial charge in [0, 0.05) is 6.42 Å². The Labute approximate surface area is 102 Å². The van der Waals surface area contributed by atoms with Crippen molar-refractivity contribution in [2.24, 2.45) is 5.73 Å². The lowest BCUT2D eigenvalue weighted by atomic mass is 9.89. The van der Waals surface area contributed by atoms with Crippen molar-refractivity contribution in [2.75, 3.05) is 6.61 Å². The zero-order valence-corrected chi connectivity index (χ0v) is 9.38. The highest BCUT2D eigenvalue weighted by atomic mass is 16.7. The number of carboxylic acid groups (broad SMARTS) is 1. The van der Waals surface area contributed by atoms with Crippen LogP contribution in [-0.4, -0.2) is 79.5 Å². The van der Waals surface area contributed by atoms with Crippen LogP contribution in [0.4, 0.5) is 0 Å². The third-order valence-electron chi connectivity index (χ3n) is 2.89. The number of carbonyl (C=O) groups is 1. The minimum absolute atomic E-state index is 0.665. The lowest BCUT2D eigenvalue weighted by molar-refractivity contribution is -0.292. The molecule has 2 unspecified atom stereocenters. The van der Waals surface area contributed by atoms with E-state index in [1.54, 1.807) is 0 Å². The third kappa shape index (κ3) is 2.78. The summed E-state index contributed by atoms with van der Waals surface area (Å²) in [5.74, 6) is -4.44. The summed E-state index contributed by atoms with van der Waals surface area (Å²) >= 11 is 0. The van der Waals surface area contributed by atoms with Crippen LogP contribution in [-0.2, 0) is 9.53 Å². The van der Waals surface area contributed by atoms with Gasteiger partial charge in [-0.25, -0.2) is 4.79 Å². The minimum Gasteiger partial charge on any atom is -0.477 e. The van der Waals surface area contributed by atoms with Gasteiger partial charge >= 0.3 is 5.97 Å². The highest BCUT2D eigenvalue weighted by molar-refractivity contribution is 5.75. The van der Waals surface area contributed by atoms with Crippen LogP contribution < -0.4 is 5.73 Å². The summed E-state index contributed by atoms with van der Waals surface area (Å²) in [4.78, 5) is 10.8. The van der Waals surface area contributed by atoms with Crippen molar-refractivity contribution in [1.29, 1.82) is 0 Å². The smallest absolute Gasteiger partial charge is 0.364 e. The molecule has 18 heavy (non-hydrogen) atoms. The Bertz CT molecular complexity index is 313. The third-order valence-corrected chi connectivity index (χ3v) is 2.89. The molecule has 106 valence electrons. The van der Waals surface area contributed by atoms with E-state index in [0.717, 1.165) is 0 Å². The number of aliphatic hydroxyl groups excluding tert-OH is 4. The quantitative estimate of drug-likeness (QED) is 0.267. The van der Waals surface area contributed by atoms with Gasteiger partial charge in [-0.2, -0.15) is 0 Å². The molecule has 0 aliphatic carbocycles. The summed E-state index contributed by atoms with van der Waals surface area (Å²) in [6.07, 6.45) is -7.01. The van der Waals surface area contributed by atoms with E-state index in [1.165, 1.54) is 0 Å². The average Bonchev–Trinajstić information content (AvgIpc) is 2.31. The number of carboxylic acids is 1. The van der Waals surface area contributed by atoms with Gasteiger partial charge in [-0.3, -0.25) is 0 Å². The lowest BCUT2D eigenvalue weighted by Crippen LogP contribution is -2.65.